The first-order chi connectivity index (χ1) is 10.2. The number of hydrogen-bond donors (Lipinski definition) is 1. The fraction of sp³-hybridized carbons (Fsp3) is 0.375. The van der Waals surface area contributed by atoms with Crippen molar-refractivity contribution in [1.82, 2.24) is 15.1 Å². The molecule has 1 aliphatic rings. The lowest BCUT2D eigenvalue weighted by molar-refractivity contribution is -0.122. The fourth-order valence-corrected chi connectivity index (χ4v) is 2.18. The summed E-state index contributed by atoms with van der Waals surface area (Å²) in [4.78, 5) is 11.5. The first-order valence-electron chi connectivity index (χ1n) is 7.25. The van der Waals surface area contributed by atoms with Crippen LogP contribution in [0.5, 0.6) is 5.75 Å². The monoisotopic (exact) mass is 285 g/mol. The van der Waals surface area contributed by atoms with Gasteiger partial charge >= 0.3 is 0 Å². The largest absolute Gasteiger partial charge is 0.491 e. The minimum Gasteiger partial charge on any atom is -0.491 e. The number of ether oxygens (including phenoxy) is 1. The molecule has 0 aliphatic heterocycles. The van der Waals surface area contributed by atoms with Gasteiger partial charge in [0.2, 0.25) is 5.91 Å². The molecule has 0 spiro atoms. The standard InChI is InChI=1S/C16H19N3O2/c1-12-11-14(19-9-2-7-18-19)5-6-15(12)21-10-8-17-16(20)13-3-4-13/h2,5-7,9,11,13H,3-4,8,10H2,1H3,(H,17,20). The van der Waals surface area contributed by atoms with Gasteiger partial charge in [0.05, 0.1) is 12.2 Å². The summed E-state index contributed by atoms with van der Waals surface area (Å²) in [5.74, 6) is 1.25. The van der Waals surface area contributed by atoms with E-state index in [0.717, 1.165) is 29.8 Å². The van der Waals surface area contributed by atoms with Crippen LogP contribution >= 0.6 is 0 Å². The molecule has 0 saturated heterocycles. The predicted octanol–water partition coefficient (Wildman–Crippen LogP) is 2.09. The van der Waals surface area contributed by atoms with Crippen molar-refractivity contribution in [2.45, 2.75) is 19.8 Å². The minimum atomic E-state index is 0.157. The van der Waals surface area contributed by atoms with Gasteiger partial charge in [0.25, 0.3) is 0 Å². The first kappa shape index (κ1) is 13.7. The van der Waals surface area contributed by atoms with Gasteiger partial charge in [0, 0.05) is 18.3 Å². The third-order valence-electron chi connectivity index (χ3n) is 3.53. The van der Waals surface area contributed by atoms with Gasteiger partial charge in [-0.05, 0) is 49.6 Å². The van der Waals surface area contributed by atoms with Gasteiger partial charge in [-0.2, -0.15) is 5.10 Å². The lowest BCUT2D eigenvalue weighted by Crippen LogP contribution is -2.29. The number of aryl methyl sites for hydroxylation is 1. The van der Waals surface area contributed by atoms with Crippen LogP contribution in [0.25, 0.3) is 5.69 Å². The molecule has 0 bridgehead atoms. The number of aromatic nitrogens is 2. The minimum absolute atomic E-state index is 0.157. The normalized spacial score (nSPS) is 14.0. The zero-order chi connectivity index (χ0) is 14.7. The summed E-state index contributed by atoms with van der Waals surface area (Å²) in [7, 11) is 0. The van der Waals surface area contributed by atoms with E-state index in [0.29, 0.717) is 13.2 Å². The fourth-order valence-electron chi connectivity index (χ4n) is 2.18. The Morgan fingerprint density at radius 3 is 3.00 bits per heavy atom. The van der Waals surface area contributed by atoms with E-state index in [9.17, 15) is 4.79 Å². The summed E-state index contributed by atoms with van der Waals surface area (Å²) in [5, 5.41) is 7.09. The first-order valence-corrected chi connectivity index (χ1v) is 7.25. The molecule has 1 aromatic carbocycles. The molecule has 21 heavy (non-hydrogen) atoms. The van der Waals surface area contributed by atoms with Crippen molar-refractivity contribution < 1.29 is 9.53 Å². The van der Waals surface area contributed by atoms with Crippen molar-refractivity contribution >= 4 is 5.91 Å². The van der Waals surface area contributed by atoms with Crippen LogP contribution in [0.4, 0.5) is 0 Å². The summed E-state index contributed by atoms with van der Waals surface area (Å²) < 4.78 is 7.53. The average Bonchev–Trinajstić information content (AvgIpc) is 3.20. The van der Waals surface area contributed by atoms with Gasteiger partial charge in [0.15, 0.2) is 0 Å². The second kappa shape index (κ2) is 5.99. The highest BCUT2D eigenvalue weighted by Gasteiger charge is 2.28. The van der Waals surface area contributed by atoms with Crippen LogP contribution in [0.2, 0.25) is 0 Å². The highest BCUT2D eigenvalue weighted by molar-refractivity contribution is 5.80. The summed E-state index contributed by atoms with van der Waals surface area (Å²) in [6.07, 6.45) is 5.71. The summed E-state index contributed by atoms with van der Waals surface area (Å²) in [6, 6.07) is 7.83. The Labute approximate surface area is 123 Å². The molecule has 3 rings (SSSR count). The van der Waals surface area contributed by atoms with E-state index in [4.69, 9.17) is 4.74 Å². The molecule has 2 aromatic rings. The van der Waals surface area contributed by atoms with E-state index < -0.39 is 0 Å². The van der Waals surface area contributed by atoms with Crippen molar-refractivity contribution in [3.05, 3.63) is 42.2 Å². The smallest absolute Gasteiger partial charge is 0.223 e. The number of carbonyl (C=O) groups is 1. The van der Waals surface area contributed by atoms with Crippen LogP contribution in [-0.2, 0) is 4.79 Å². The maximum absolute atomic E-state index is 11.5. The van der Waals surface area contributed by atoms with Crippen LogP contribution in [0, 0.1) is 12.8 Å². The number of nitrogens with one attached hydrogen (secondary N) is 1. The Balaban J connectivity index is 1.52. The van der Waals surface area contributed by atoms with E-state index in [2.05, 4.69) is 10.4 Å². The Bertz CT molecular complexity index is 618. The second-order valence-corrected chi connectivity index (χ2v) is 5.31. The molecule has 0 unspecified atom stereocenters. The molecule has 1 N–H and O–H groups in total. The number of nitrogens with zero attached hydrogens (tertiary/aromatic N) is 2. The quantitative estimate of drug-likeness (QED) is 0.827. The molecule has 1 saturated carbocycles. The Morgan fingerprint density at radius 2 is 2.33 bits per heavy atom. The number of amides is 1. The van der Waals surface area contributed by atoms with Crippen molar-refractivity contribution in [2.75, 3.05) is 13.2 Å². The second-order valence-electron chi connectivity index (χ2n) is 5.31. The average molecular weight is 285 g/mol. The third-order valence-corrected chi connectivity index (χ3v) is 3.53. The van der Waals surface area contributed by atoms with E-state index in [1.54, 1.807) is 6.20 Å². The molecule has 1 heterocycles. The van der Waals surface area contributed by atoms with Crippen molar-refractivity contribution in [2.24, 2.45) is 5.92 Å². The number of rotatable bonds is 6. The Kier molecular flexibility index (Phi) is 3.90. The van der Waals surface area contributed by atoms with Crippen LogP contribution in [0.15, 0.2) is 36.7 Å². The van der Waals surface area contributed by atoms with Crippen LogP contribution in [-0.4, -0.2) is 28.8 Å². The van der Waals surface area contributed by atoms with E-state index in [1.165, 1.54) is 0 Å². The van der Waals surface area contributed by atoms with Crippen LogP contribution in [0.3, 0.4) is 0 Å². The Hall–Kier alpha value is -2.30. The number of hydrogen-bond acceptors (Lipinski definition) is 3. The van der Waals surface area contributed by atoms with Crippen molar-refractivity contribution in [1.29, 1.82) is 0 Å². The molecule has 5 nitrogen and oxygen atoms in total. The number of carbonyl (C=O) groups excluding carboxylic acids is 1. The third kappa shape index (κ3) is 3.42. The SMILES string of the molecule is Cc1cc(-n2cccn2)ccc1OCCNC(=O)C1CC1. The summed E-state index contributed by atoms with van der Waals surface area (Å²) >= 11 is 0. The zero-order valence-corrected chi connectivity index (χ0v) is 12.1. The maximum atomic E-state index is 11.5. The highest BCUT2D eigenvalue weighted by Crippen LogP contribution is 2.28. The van der Waals surface area contributed by atoms with Crippen LogP contribution in [0.1, 0.15) is 18.4 Å². The van der Waals surface area contributed by atoms with Gasteiger partial charge in [-0.25, -0.2) is 4.68 Å². The topological polar surface area (TPSA) is 56.1 Å². The van der Waals surface area contributed by atoms with E-state index in [1.807, 2.05) is 42.1 Å². The summed E-state index contributed by atoms with van der Waals surface area (Å²) in [5.41, 5.74) is 2.06. The molecule has 1 amide bonds. The molecule has 1 aromatic heterocycles. The molecule has 1 fully saturated rings. The molecule has 0 atom stereocenters. The molecule has 5 heteroatoms. The predicted molar refractivity (Wildman–Crippen MR) is 79.5 cm³/mol. The summed E-state index contributed by atoms with van der Waals surface area (Å²) in [6.45, 7) is 3.04. The maximum Gasteiger partial charge on any atom is 0.223 e. The number of benzene rings is 1. The highest BCUT2D eigenvalue weighted by atomic mass is 16.5. The van der Waals surface area contributed by atoms with Crippen LogP contribution < -0.4 is 10.1 Å². The lowest BCUT2D eigenvalue weighted by atomic mass is 10.2. The van der Waals surface area contributed by atoms with E-state index >= 15 is 0 Å². The molecule has 0 radical (unpaired) electrons. The van der Waals surface area contributed by atoms with E-state index in [-0.39, 0.29) is 11.8 Å². The molecule has 1 aliphatic carbocycles. The Morgan fingerprint density at radius 1 is 1.48 bits per heavy atom. The van der Waals surface area contributed by atoms with Gasteiger partial charge in [0.1, 0.15) is 12.4 Å². The molecule has 110 valence electrons. The molecular weight excluding hydrogens is 266 g/mol. The van der Waals surface area contributed by atoms with Gasteiger partial charge in [-0.3, -0.25) is 4.79 Å². The lowest BCUT2D eigenvalue weighted by Gasteiger charge is -2.11. The van der Waals surface area contributed by atoms with Gasteiger partial charge in [-0.15, -0.1) is 0 Å². The van der Waals surface area contributed by atoms with Crippen molar-refractivity contribution in [3.63, 3.8) is 0 Å². The van der Waals surface area contributed by atoms with Gasteiger partial charge < -0.3 is 10.1 Å². The molecular formula is C16H19N3O2. The zero-order valence-electron chi connectivity index (χ0n) is 12.1. The van der Waals surface area contributed by atoms with Crippen molar-refractivity contribution in [3.8, 4) is 11.4 Å². The van der Waals surface area contributed by atoms with Gasteiger partial charge in [-0.1, -0.05) is 0 Å².